The van der Waals surface area contributed by atoms with E-state index in [4.69, 9.17) is 10.8 Å². The molecule has 0 fully saturated rings. The fourth-order valence-electron chi connectivity index (χ4n) is 1.53. The van der Waals surface area contributed by atoms with Crippen LogP contribution >= 0.6 is 11.3 Å². The zero-order chi connectivity index (χ0) is 13.0. The van der Waals surface area contributed by atoms with E-state index in [2.05, 4.69) is 10.3 Å². The highest BCUT2D eigenvalue weighted by Gasteiger charge is 2.06. The number of nitrogens with zero attached hydrogens (tertiary/aromatic N) is 1. The molecule has 1 heterocycles. The van der Waals surface area contributed by atoms with Gasteiger partial charge in [-0.2, -0.15) is 0 Å². The van der Waals surface area contributed by atoms with E-state index in [1.807, 2.05) is 5.38 Å². The summed E-state index contributed by atoms with van der Waals surface area (Å²) in [4.78, 5) is 15.0. The van der Waals surface area contributed by atoms with Gasteiger partial charge < -0.3 is 16.2 Å². The Morgan fingerprint density at radius 3 is 3.00 bits per heavy atom. The number of carboxylic acid groups (broad SMARTS) is 1. The number of carbonyl (C=O) groups is 1. The van der Waals surface area contributed by atoms with Gasteiger partial charge in [0.05, 0.1) is 28.1 Å². The molecule has 0 aliphatic carbocycles. The highest BCUT2D eigenvalue weighted by Crippen LogP contribution is 2.20. The Balaban J connectivity index is 2.00. The molecular formula is C12H13N3O2S. The van der Waals surface area contributed by atoms with Crippen molar-refractivity contribution in [1.82, 2.24) is 4.98 Å². The third kappa shape index (κ3) is 2.98. The van der Waals surface area contributed by atoms with Crippen LogP contribution in [0.25, 0.3) is 0 Å². The lowest BCUT2D eigenvalue weighted by molar-refractivity contribution is 0.0697. The number of benzene rings is 1. The van der Waals surface area contributed by atoms with Crippen molar-refractivity contribution in [2.24, 2.45) is 0 Å². The largest absolute Gasteiger partial charge is 0.478 e. The summed E-state index contributed by atoms with van der Waals surface area (Å²) in [6.45, 7) is 0.664. The molecule has 0 aliphatic heterocycles. The SMILES string of the molecule is Nc1ccc(C(=O)O)cc1NCCc1cscn1. The van der Waals surface area contributed by atoms with Gasteiger partial charge in [0.2, 0.25) is 0 Å². The number of nitrogens with two attached hydrogens (primary N) is 1. The zero-order valence-corrected chi connectivity index (χ0v) is 10.4. The minimum absolute atomic E-state index is 0.223. The maximum atomic E-state index is 10.8. The van der Waals surface area contributed by atoms with E-state index >= 15 is 0 Å². The summed E-state index contributed by atoms with van der Waals surface area (Å²) in [5.41, 5.74) is 9.99. The Kier molecular flexibility index (Phi) is 3.78. The van der Waals surface area contributed by atoms with E-state index in [-0.39, 0.29) is 5.56 Å². The molecule has 0 saturated carbocycles. The average molecular weight is 263 g/mol. The summed E-state index contributed by atoms with van der Waals surface area (Å²) in [5, 5.41) is 14.0. The average Bonchev–Trinajstić information content (AvgIpc) is 2.84. The molecule has 0 amide bonds. The number of nitrogen functional groups attached to an aromatic ring is 1. The number of aromatic carboxylic acids is 1. The first-order valence-corrected chi connectivity index (χ1v) is 6.35. The Morgan fingerprint density at radius 1 is 1.50 bits per heavy atom. The minimum atomic E-state index is -0.961. The first-order chi connectivity index (χ1) is 8.66. The van der Waals surface area contributed by atoms with Crippen LogP contribution in [0.3, 0.4) is 0 Å². The maximum absolute atomic E-state index is 10.8. The highest BCUT2D eigenvalue weighted by molar-refractivity contribution is 7.07. The minimum Gasteiger partial charge on any atom is -0.478 e. The smallest absolute Gasteiger partial charge is 0.335 e. The molecule has 0 aliphatic rings. The normalized spacial score (nSPS) is 10.2. The summed E-state index contributed by atoms with van der Waals surface area (Å²) < 4.78 is 0. The molecule has 0 spiro atoms. The quantitative estimate of drug-likeness (QED) is 0.719. The third-order valence-corrected chi connectivity index (χ3v) is 3.12. The predicted octanol–water partition coefficient (Wildman–Crippen LogP) is 2.08. The van der Waals surface area contributed by atoms with Gasteiger partial charge in [-0.1, -0.05) is 0 Å². The number of carboxylic acids is 1. The molecule has 18 heavy (non-hydrogen) atoms. The van der Waals surface area contributed by atoms with Gasteiger partial charge in [0.25, 0.3) is 0 Å². The maximum Gasteiger partial charge on any atom is 0.335 e. The van der Waals surface area contributed by atoms with Crippen molar-refractivity contribution in [3.8, 4) is 0 Å². The van der Waals surface area contributed by atoms with E-state index in [1.165, 1.54) is 6.07 Å². The fourth-order valence-corrected chi connectivity index (χ4v) is 2.12. The molecule has 5 nitrogen and oxygen atoms in total. The lowest BCUT2D eigenvalue weighted by Crippen LogP contribution is -2.08. The molecule has 0 radical (unpaired) electrons. The highest BCUT2D eigenvalue weighted by atomic mass is 32.1. The lowest BCUT2D eigenvalue weighted by atomic mass is 10.1. The second kappa shape index (κ2) is 5.50. The topological polar surface area (TPSA) is 88.2 Å². The molecule has 1 aromatic heterocycles. The predicted molar refractivity (Wildman–Crippen MR) is 72.1 cm³/mol. The molecule has 0 bridgehead atoms. The molecule has 6 heteroatoms. The Morgan fingerprint density at radius 2 is 2.33 bits per heavy atom. The lowest BCUT2D eigenvalue weighted by Gasteiger charge is -2.09. The number of nitrogens with one attached hydrogen (secondary N) is 1. The van der Waals surface area contributed by atoms with Crippen molar-refractivity contribution in [2.75, 3.05) is 17.6 Å². The van der Waals surface area contributed by atoms with Crippen LogP contribution in [0.4, 0.5) is 11.4 Å². The van der Waals surface area contributed by atoms with Crippen LogP contribution in [0.2, 0.25) is 0 Å². The second-order valence-electron chi connectivity index (χ2n) is 3.76. The summed E-state index contributed by atoms with van der Waals surface area (Å²) in [6.07, 6.45) is 0.778. The summed E-state index contributed by atoms with van der Waals surface area (Å²) in [6, 6.07) is 4.62. The monoisotopic (exact) mass is 263 g/mol. The van der Waals surface area contributed by atoms with Crippen LogP contribution < -0.4 is 11.1 Å². The number of aromatic nitrogens is 1. The molecule has 0 atom stereocenters. The van der Waals surface area contributed by atoms with Crippen molar-refractivity contribution in [1.29, 1.82) is 0 Å². The molecule has 2 rings (SSSR count). The Hall–Kier alpha value is -2.08. The number of hydrogen-bond acceptors (Lipinski definition) is 5. The summed E-state index contributed by atoms with van der Waals surface area (Å²) in [7, 11) is 0. The van der Waals surface area contributed by atoms with Crippen molar-refractivity contribution >= 4 is 28.7 Å². The van der Waals surface area contributed by atoms with Gasteiger partial charge in [-0.15, -0.1) is 11.3 Å². The van der Waals surface area contributed by atoms with E-state index in [0.29, 0.717) is 17.9 Å². The van der Waals surface area contributed by atoms with Gasteiger partial charge in [0.15, 0.2) is 0 Å². The van der Waals surface area contributed by atoms with Crippen molar-refractivity contribution in [2.45, 2.75) is 6.42 Å². The van der Waals surface area contributed by atoms with Gasteiger partial charge in [-0.3, -0.25) is 0 Å². The molecule has 4 N–H and O–H groups in total. The van der Waals surface area contributed by atoms with Crippen LogP contribution in [-0.2, 0) is 6.42 Å². The van der Waals surface area contributed by atoms with E-state index in [1.54, 1.807) is 29.0 Å². The number of anilines is 2. The van der Waals surface area contributed by atoms with Crippen molar-refractivity contribution in [3.05, 3.63) is 40.3 Å². The van der Waals surface area contributed by atoms with Crippen LogP contribution in [0, 0.1) is 0 Å². The molecule has 1 aromatic carbocycles. The third-order valence-electron chi connectivity index (χ3n) is 2.48. The van der Waals surface area contributed by atoms with Gasteiger partial charge in [0, 0.05) is 18.3 Å². The van der Waals surface area contributed by atoms with Crippen LogP contribution in [0.1, 0.15) is 16.1 Å². The number of thiazole rings is 1. The fraction of sp³-hybridized carbons (Fsp3) is 0.167. The van der Waals surface area contributed by atoms with Gasteiger partial charge in [-0.05, 0) is 18.2 Å². The molecular weight excluding hydrogens is 250 g/mol. The van der Waals surface area contributed by atoms with Crippen molar-refractivity contribution in [3.63, 3.8) is 0 Å². The molecule has 2 aromatic rings. The van der Waals surface area contributed by atoms with Gasteiger partial charge in [0.1, 0.15) is 0 Å². The van der Waals surface area contributed by atoms with E-state index in [0.717, 1.165) is 12.1 Å². The zero-order valence-electron chi connectivity index (χ0n) is 9.59. The summed E-state index contributed by atoms with van der Waals surface area (Å²) in [5.74, 6) is -0.961. The Bertz CT molecular complexity index is 540. The van der Waals surface area contributed by atoms with Gasteiger partial charge in [-0.25, -0.2) is 9.78 Å². The van der Waals surface area contributed by atoms with Crippen molar-refractivity contribution < 1.29 is 9.90 Å². The van der Waals surface area contributed by atoms with Crippen LogP contribution in [-0.4, -0.2) is 22.6 Å². The number of hydrogen-bond donors (Lipinski definition) is 3. The standard InChI is InChI=1S/C12H13N3O2S/c13-10-2-1-8(12(16)17)5-11(10)14-4-3-9-6-18-7-15-9/h1-2,5-7,14H,3-4,13H2,(H,16,17). The summed E-state index contributed by atoms with van der Waals surface area (Å²) >= 11 is 1.55. The van der Waals surface area contributed by atoms with Gasteiger partial charge >= 0.3 is 5.97 Å². The Labute approximate surface area is 108 Å². The second-order valence-corrected chi connectivity index (χ2v) is 4.48. The van der Waals surface area contributed by atoms with E-state index < -0.39 is 5.97 Å². The van der Waals surface area contributed by atoms with Crippen LogP contribution in [0.15, 0.2) is 29.1 Å². The van der Waals surface area contributed by atoms with Crippen LogP contribution in [0.5, 0.6) is 0 Å². The molecule has 94 valence electrons. The van der Waals surface area contributed by atoms with E-state index in [9.17, 15) is 4.79 Å². The molecule has 0 unspecified atom stereocenters. The first-order valence-electron chi connectivity index (χ1n) is 5.40. The molecule has 0 saturated heterocycles. The first kappa shape index (κ1) is 12.4. The number of rotatable bonds is 5.